The minimum Gasteiger partial charge on any atom is -0.478 e. The molecule has 0 saturated heterocycles. The minimum atomic E-state index is -3.17. The third-order valence-corrected chi connectivity index (χ3v) is 2.22. The highest BCUT2D eigenvalue weighted by molar-refractivity contribution is 5.86. The Morgan fingerprint density at radius 3 is 2.63 bits per heavy atom. The monoisotopic (exact) mass is 273 g/mol. The summed E-state index contributed by atoms with van der Waals surface area (Å²) in [6, 6.07) is 2.23. The van der Waals surface area contributed by atoms with Gasteiger partial charge >= 0.3 is 12.6 Å². The van der Waals surface area contributed by atoms with E-state index < -0.39 is 23.3 Å². The van der Waals surface area contributed by atoms with Crippen molar-refractivity contribution in [1.82, 2.24) is 0 Å². The van der Waals surface area contributed by atoms with Crippen molar-refractivity contribution < 1.29 is 28.3 Å². The summed E-state index contributed by atoms with van der Waals surface area (Å²) in [5, 5.41) is 19.2. The Morgan fingerprint density at radius 1 is 1.53 bits per heavy atom. The fourth-order valence-electron chi connectivity index (χ4n) is 1.44. The van der Waals surface area contributed by atoms with Crippen LogP contribution in [-0.4, -0.2) is 22.6 Å². The van der Waals surface area contributed by atoms with Crippen LogP contribution >= 0.6 is 0 Å². The molecule has 0 fully saturated rings. The number of nitro groups is 1. The highest BCUT2D eigenvalue weighted by Gasteiger charge is 2.20. The molecule has 0 unspecified atom stereocenters. The number of rotatable bonds is 5. The fraction of sp³-hybridized carbons (Fsp3) is 0.182. The maximum atomic E-state index is 12.3. The zero-order chi connectivity index (χ0) is 14.6. The molecule has 0 amide bonds. The lowest BCUT2D eigenvalue weighted by molar-refractivity contribution is -0.385. The first-order chi connectivity index (χ1) is 8.82. The van der Waals surface area contributed by atoms with Crippen LogP contribution in [0, 0.1) is 17.0 Å². The van der Waals surface area contributed by atoms with Crippen LogP contribution in [-0.2, 0) is 4.79 Å². The van der Waals surface area contributed by atoms with Gasteiger partial charge in [0.25, 0.3) is 5.69 Å². The van der Waals surface area contributed by atoms with Crippen molar-refractivity contribution in [3.63, 3.8) is 0 Å². The van der Waals surface area contributed by atoms with E-state index in [-0.39, 0.29) is 16.8 Å². The number of ether oxygens (including phenoxy) is 1. The maximum Gasteiger partial charge on any atom is 0.387 e. The highest BCUT2D eigenvalue weighted by atomic mass is 19.3. The molecule has 0 bridgehead atoms. The van der Waals surface area contributed by atoms with Gasteiger partial charge in [0.15, 0.2) is 0 Å². The van der Waals surface area contributed by atoms with Crippen LogP contribution in [0.5, 0.6) is 5.75 Å². The summed E-state index contributed by atoms with van der Waals surface area (Å²) < 4.78 is 28.8. The number of hydrogen-bond acceptors (Lipinski definition) is 4. The van der Waals surface area contributed by atoms with Crippen LogP contribution in [0.15, 0.2) is 18.2 Å². The second-order valence-corrected chi connectivity index (χ2v) is 3.44. The van der Waals surface area contributed by atoms with Crippen LogP contribution < -0.4 is 4.74 Å². The Labute approximate surface area is 106 Å². The lowest BCUT2D eigenvalue weighted by Gasteiger charge is -2.11. The van der Waals surface area contributed by atoms with Crippen LogP contribution in [0.1, 0.15) is 11.1 Å². The second kappa shape index (κ2) is 5.89. The van der Waals surface area contributed by atoms with E-state index in [1.807, 2.05) is 0 Å². The number of alkyl halides is 2. The molecule has 1 N–H and O–H groups in total. The molecule has 0 radical (unpaired) electrons. The molecular formula is C11H9F2NO5. The van der Waals surface area contributed by atoms with Crippen molar-refractivity contribution in [2.24, 2.45) is 0 Å². The number of halogens is 2. The summed E-state index contributed by atoms with van der Waals surface area (Å²) in [6.07, 6.45) is 1.75. The van der Waals surface area contributed by atoms with E-state index in [1.54, 1.807) is 0 Å². The number of benzene rings is 1. The Bertz CT molecular complexity index is 542. The molecule has 0 spiro atoms. The van der Waals surface area contributed by atoms with E-state index in [4.69, 9.17) is 5.11 Å². The molecule has 1 rings (SSSR count). The standard InChI is InChI=1S/C11H9F2NO5/c1-6-8(14(17)18)4-2-7(3-5-9(15)16)10(6)19-11(12)13/h2-5,11H,1H3,(H,15,16)/b5-3+. The largest absolute Gasteiger partial charge is 0.478 e. The minimum absolute atomic E-state index is 0.0193. The van der Waals surface area contributed by atoms with Gasteiger partial charge in [0.1, 0.15) is 5.75 Å². The first-order valence-corrected chi connectivity index (χ1v) is 4.96. The topological polar surface area (TPSA) is 89.7 Å². The first kappa shape index (κ1) is 14.6. The van der Waals surface area contributed by atoms with Crippen LogP contribution in [0.2, 0.25) is 0 Å². The maximum absolute atomic E-state index is 12.3. The van der Waals surface area contributed by atoms with E-state index in [0.29, 0.717) is 0 Å². The summed E-state index contributed by atoms with van der Waals surface area (Å²) in [6.45, 7) is -1.92. The van der Waals surface area contributed by atoms with Gasteiger partial charge in [-0.1, -0.05) is 0 Å². The Morgan fingerprint density at radius 2 is 2.16 bits per heavy atom. The van der Waals surface area contributed by atoms with Gasteiger partial charge in [0.05, 0.1) is 10.5 Å². The zero-order valence-electron chi connectivity index (χ0n) is 9.67. The third kappa shape index (κ3) is 3.73. The zero-order valence-corrected chi connectivity index (χ0v) is 9.67. The van der Waals surface area contributed by atoms with E-state index in [9.17, 15) is 23.7 Å². The van der Waals surface area contributed by atoms with Gasteiger partial charge < -0.3 is 9.84 Å². The molecule has 0 aromatic heterocycles. The van der Waals surface area contributed by atoms with E-state index >= 15 is 0 Å². The molecular weight excluding hydrogens is 264 g/mol. The molecule has 102 valence electrons. The van der Waals surface area contributed by atoms with Crippen molar-refractivity contribution >= 4 is 17.7 Å². The average Bonchev–Trinajstić information content (AvgIpc) is 2.28. The summed E-state index contributed by atoms with van der Waals surface area (Å²) in [7, 11) is 0. The summed E-state index contributed by atoms with van der Waals surface area (Å²) in [4.78, 5) is 20.3. The van der Waals surface area contributed by atoms with Gasteiger partial charge in [-0.2, -0.15) is 8.78 Å². The normalized spacial score (nSPS) is 10.9. The van der Waals surface area contributed by atoms with E-state index in [0.717, 1.165) is 24.3 Å². The van der Waals surface area contributed by atoms with Gasteiger partial charge in [-0.25, -0.2) is 4.79 Å². The van der Waals surface area contributed by atoms with Crippen molar-refractivity contribution in [1.29, 1.82) is 0 Å². The Balaban J connectivity index is 3.34. The summed E-state index contributed by atoms with van der Waals surface area (Å²) in [5.74, 6) is -1.69. The molecule has 6 nitrogen and oxygen atoms in total. The van der Waals surface area contributed by atoms with E-state index in [1.165, 1.54) is 6.92 Å². The molecule has 0 saturated carbocycles. The summed E-state index contributed by atoms with van der Waals surface area (Å²) >= 11 is 0. The highest BCUT2D eigenvalue weighted by Crippen LogP contribution is 2.33. The SMILES string of the molecule is Cc1c([N+](=O)[O-])ccc(/C=C/C(=O)O)c1OC(F)F. The average molecular weight is 273 g/mol. The quantitative estimate of drug-likeness (QED) is 0.506. The van der Waals surface area contributed by atoms with Gasteiger partial charge in [-0.05, 0) is 19.1 Å². The van der Waals surface area contributed by atoms with Crippen molar-refractivity contribution in [2.75, 3.05) is 0 Å². The number of nitrogens with zero attached hydrogens (tertiary/aromatic N) is 1. The molecule has 19 heavy (non-hydrogen) atoms. The predicted octanol–water partition coefficient (Wildman–Crippen LogP) is 2.60. The fourth-order valence-corrected chi connectivity index (χ4v) is 1.44. The molecule has 0 aliphatic rings. The van der Waals surface area contributed by atoms with Gasteiger partial charge in [-0.3, -0.25) is 10.1 Å². The van der Waals surface area contributed by atoms with Crippen molar-refractivity contribution in [3.8, 4) is 5.75 Å². The van der Waals surface area contributed by atoms with Gasteiger partial charge in [0.2, 0.25) is 0 Å². The Kier molecular flexibility index (Phi) is 4.51. The third-order valence-electron chi connectivity index (χ3n) is 2.22. The van der Waals surface area contributed by atoms with Crippen molar-refractivity contribution in [2.45, 2.75) is 13.5 Å². The van der Waals surface area contributed by atoms with Crippen LogP contribution in [0.4, 0.5) is 14.5 Å². The first-order valence-electron chi connectivity index (χ1n) is 4.96. The number of hydrogen-bond donors (Lipinski definition) is 1. The Hall–Kier alpha value is -2.51. The lowest BCUT2D eigenvalue weighted by atomic mass is 10.1. The molecule has 1 aromatic rings. The molecule has 8 heteroatoms. The molecule has 0 heterocycles. The molecule has 0 atom stereocenters. The van der Waals surface area contributed by atoms with Gasteiger partial charge in [0, 0.05) is 17.7 Å². The van der Waals surface area contributed by atoms with Crippen LogP contribution in [0.3, 0.4) is 0 Å². The van der Waals surface area contributed by atoms with Crippen molar-refractivity contribution in [3.05, 3.63) is 39.4 Å². The van der Waals surface area contributed by atoms with E-state index in [2.05, 4.69) is 4.74 Å². The molecule has 0 aliphatic carbocycles. The lowest BCUT2D eigenvalue weighted by Crippen LogP contribution is -2.06. The number of carboxylic acids is 1. The number of aliphatic carboxylic acids is 1. The number of carboxylic acid groups (broad SMARTS) is 1. The van der Waals surface area contributed by atoms with Gasteiger partial charge in [-0.15, -0.1) is 0 Å². The number of carbonyl (C=O) groups is 1. The predicted molar refractivity (Wildman–Crippen MR) is 61.1 cm³/mol. The smallest absolute Gasteiger partial charge is 0.387 e. The second-order valence-electron chi connectivity index (χ2n) is 3.44. The molecule has 0 aliphatic heterocycles. The molecule has 1 aromatic carbocycles. The van der Waals surface area contributed by atoms with Crippen LogP contribution in [0.25, 0.3) is 6.08 Å². The summed E-state index contributed by atoms with van der Waals surface area (Å²) in [5.41, 5.74) is -0.466. The number of nitro benzene ring substituents is 1.